The standard InChI is InChI=1S/C17H26/c1-12(15-11-17(15,5)6)13-7-9-14(10-8-13)16(2,3)4/h7-10,12,15H,11H2,1-6H3. The van der Waals surface area contributed by atoms with E-state index >= 15 is 0 Å². The third kappa shape index (κ3) is 2.56. The smallest absolute Gasteiger partial charge is 0.0132 e. The van der Waals surface area contributed by atoms with Crippen LogP contribution in [-0.2, 0) is 5.41 Å². The van der Waals surface area contributed by atoms with Crippen LogP contribution in [0.15, 0.2) is 24.3 Å². The second-order valence-corrected chi connectivity index (χ2v) is 7.46. The Bertz CT molecular complexity index is 389. The van der Waals surface area contributed by atoms with Crippen molar-refractivity contribution >= 4 is 0 Å². The minimum Gasteiger partial charge on any atom is -0.0596 e. The van der Waals surface area contributed by atoms with E-state index in [4.69, 9.17) is 0 Å². The topological polar surface area (TPSA) is 0 Å². The summed E-state index contributed by atoms with van der Waals surface area (Å²) in [6, 6.07) is 9.28. The molecule has 0 aliphatic heterocycles. The maximum Gasteiger partial charge on any atom is -0.0132 e. The molecule has 1 saturated carbocycles. The summed E-state index contributed by atoms with van der Waals surface area (Å²) < 4.78 is 0. The summed E-state index contributed by atoms with van der Waals surface area (Å²) in [4.78, 5) is 0. The Morgan fingerprint density at radius 3 is 1.94 bits per heavy atom. The summed E-state index contributed by atoms with van der Waals surface area (Å²) in [5, 5.41) is 0. The molecule has 94 valence electrons. The molecule has 1 fully saturated rings. The van der Waals surface area contributed by atoms with Crippen LogP contribution < -0.4 is 0 Å². The average Bonchev–Trinajstić information content (AvgIpc) is 2.86. The molecule has 1 aliphatic rings. The molecule has 2 atom stereocenters. The molecule has 2 unspecified atom stereocenters. The summed E-state index contributed by atoms with van der Waals surface area (Å²) in [7, 11) is 0. The van der Waals surface area contributed by atoms with E-state index in [9.17, 15) is 0 Å². The summed E-state index contributed by atoms with van der Waals surface area (Å²) in [6.45, 7) is 14.0. The van der Waals surface area contributed by atoms with Crippen molar-refractivity contribution in [3.8, 4) is 0 Å². The summed E-state index contributed by atoms with van der Waals surface area (Å²) in [5.41, 5.74) is 3.78. The molecule has 2 rings (SSSR count). The average molecular weight is 230 g/mol. The van der Waals surface area contributed by atoms with Crippen LogP contribution in [0.1, 0.15) is 65.0 Å². The van der Waals surface area contributed by atoms with Crippen LogP contribution in [0.5, 0.6) is 0 Å². The van der Waals surface area contributed by atoms with Crippen LogP contribution in [0.3, 0.4) is 0 Å². The van der Waals surface area contributed by atoms with Gasteiger partial charge in [0.15, 0.2) is 0 Å². The Balaban J connectivity index is 2.14. The van der Waals surface area contributed by atoms with Crippen LogP contribution in [0.4, 0.5) is 0 Å². The fourth-order valence-corrected chi connectivity index (χ4v) is 2.88. The van der Waals surface area contributed by atoms with Gasteiger partial charge in [-0.2, -0.15) is 0 Å². The Morgan fingerprint density at radius 1 is 1.12 bits per heavy atom. The summed E-state index contributed by atoms with van der Waals surface area (Å²) in [6.07, 6.45) is 1.38. The highest BCUT2D eigenvalue weighted by Crippen LogP contribution is 2.58. The molecule has 0 amide bonds. The first kappa shape index (κ1) is 12.7. The largest absolute Gasteiger partial charge is 0.0596 e. The molecule has 0 heteroatoms. The molecule has 0 N–H and O–H groups in total. The molecule has 0 aromatic heterocycles. The van der Waals surface area contributed by atoms with Crippen molar-refractivity contribution in [1.29, 1.82) is 0 Å². The normalized spacial score (nSPS) is 24.5. The number of rotatable bonds is 2. The van der Waals surface area contributed by atoms with Crippen molar-refractivity contribution in [2.45, 2.75) is 59.3 Å². The molecular weight excluding hydrogens is 204 g/mol. The van der Waals surface area contributed by atoms with Gasteiger partial charge in [0.05, 0.1) is 0 Å². The van der Waals surface area contributed by atoms with Gasteiger partial charge in [0.25, 0.3) is 0 Å². The highest BCUT2D eigenvalue weighted by atomic mass is 14.5. The van der Waals surface area contributed by atoms with Gasteiger partial charge in [-0.15, -0.1) is 0 Å². The molecule has 0 bridgehead atoms. The van der Waals surface area contributed by atoms with Crippen LogP contribution >= 0.6 is 0 Å². The molecule has 0 heterocycles. The van der Waals surface area contributed by atoms with Gasteiger partial charge in [-0.05, 0) is 40.2 Å². The zero-order valence-electron chi connectivity index (χ0n) is 12.2. The molecule has 0 nitrogen and oxygen atoms in total. The van der Waals surface area contributed by atoms with Gasteiger partial charge in [0.2, 0.25) is 0 Å². The Hall–Kier alpha value is -0.780. The SMILES string of the molecule is CC(c1ccc(C(C)(C)C)cc1)C1CC1(C)C. The Morgan fingerprint density at radius 2 is 1.59 bits per heavy atom. The van der Waals surface area contributed by atoms with Crippen LogP contribution in [0.2, 0.25) is 0 Å². The Labute approximate surface area is 106 Å². The minimum absolute atomic E-state index is 0.265. The Kier molecular flexibility index (Phi) is 2.88. The van der Waals surface area contributed by atoms with Gasteiger partial charge >= 0.3 is 0 Å². The van der Waals surface area contributed by atoms with E-state index in [1.54, 1.807) is 0 Å². The van der Waals surface area contributed by atoms with Gasteiger partial charge in [-0.1, -0.05) is 65.8 Å². The van der Waals surface area contributed by atoms with Crippen molar-refractivity contribution in [3.05, 3.63) is 35.4 Å². The second kappa shape index (κ2) is 3.86. The van der Waals surface area contributed by atoms with Crippen molar-refractivity contribution in [2.75, 3.05) is 0 Å². The second-order valence-electron chi connectivity index (χ2n) is 7.46. The van der Waals surface area contributed by atoms with E-state index < -0.39 is 0 Å². The number of benzene rings is 1. The fourth-order valence-electron chi connectivity index (χ4n) is 2.88. The third-order valence-corrected chi connectivity index (χ3v) is 4.50. The molecule has 1 aromatic rings. The predicted octanol–water partition coefficient (Wildman–Crippen LogP) is 5.13. The van der Waals surface area contributed by atoms with Crippen LogP contribution in [0, 0.1) is 11.3 Å². The zero-order chi connectivity index (χ0) is 12.8. The monoisotopic (exact) mass is 230 g/mol. The first-order chi connectivity index (χ1) is 7.72. The highest BCUT2D eigenvalue weighted by Gasteiger charge is 2.48. The molecular formula is C17H26. The van der Waals surface area contributed by atoms with E-state index in [1.165, 1.54) is 17.5 Å². The maximum absolute atomic E-state index is 2.39. The number of hydrogen-bond acceptors (Lipinski definition) is 0. The first-order valence-electron chi connectivity index (χ1n) is 6.82. The first-order valence-corrected chi connectivity index (χ1v) is 6.82. The molecule has 1 aromatic carbocycles. The van der Waals surface area contributed by atoms with E-state index in [0.717, 1.165) is 5.92 Å². The van der Waals surface area contributed by atoms with Gasteiger partial charge in [-0.25, -0.2) is 0 Å². The van der Waals surface area contributed by atoms with Crippen LogP contribution in [-0.4, -0.2) is 0 Å². The van der Waals surface area contributed by atoms with Gasteiger partial charge < -0.3 is 0 Å². The lowest BCUT2D eigenvalue weighted by Gasteiger charge is -2.20. The van der Waals surface area contributed by atoms with Crippen molar-refractivity contribution < 1.29 is 0 Å². The predicted molar refractivity (Wildman–Crippen MR) is 75.4 cm³/mol. The molecule has 0 radical (unpaired) electrons. The lowest BCUT2D eigenvalue weighted by Crippen LogP contribution is -2.11. The van der Waals surface area contributed by atoms with Crippen molar-refractivity contribution in [3.63, 3.8) is 0 Å². The molecule has 1 aliphatic carbocycles. The van der Waals surface area contributed by atoms with Crippen LogP contribution in [0.25, 0.3) is 0 Å². The quantitative estimate of drug-likeness (QED) is 0.660. The van der Waals surface area contributed by atoms with Gasteiger partial charge in [0.1, 0.15) is 0 Å². The third-order valence-electron chi connectivity index (χ3n) is 4.50. The minimum atomic E-state index is 0.265. The van der Waals surface area contributed by atoms with Gasteiger partial charge in [-0.3, -0.25) is 0 Å². The number of hydrogen-bond donors (Lipinski definition) is 0. The van der Waals surface area contributed by atoms with E-state index in [0.29, 0.717) is 11.3 Å². The highest BCUT2D eigenvalue weighted by molar-refractivity contribution is 5.30. The van der Waals surface area contributed by atoms with E-state index in [2.05, 4.69) is 65.8 Å². The lowest BCUT2D eigenvalue weighted by atomic mass is 9.84. The molecule has 0 spiro atoms. The summed E-state index contributed by atoms with van der Waals surface area (Å²) in [5.74, 6) is 1.59. The van der Waals surface area contributed by atoms with Gasteiger partial charge in [0, 0.05) is 0 Å². The summed E-state index contributed by atoms with van der Waals surface area (Å²) >= 11 is 0. The van der Waals surface area contributed by atoms with Crippen molar-refractivity contribution in [2.24, 2.45) is 11.3 Å². The maximum atomic E-state index is 2.39. The molecule has 0 saturated heterocycles. The zero-order valence-corrected chi connectivity index (χ0v) is 12.2. The lowest BCUT2D eigenvalue weighted by molar-refractivity contribution is 0.503. The van der Waals surface area contributed by atoms with Crippen molar-refractivity contribution in [1.82, 2.24) is 0 Å². The fraction of sp³-hybridized carbons (Fsp3) is 0.647. The van der Waals surface area contributed by atoms with E-state index in [-0.39, 0.29) is 5.41 Å². The molecule has 17 heavy (non-hydrogen) atoms. The van der Waals surface area contributed by atoms with E-state index in [1.807, 2.05) is 0 Å².